The second kappa shape index (κ2) is 14.7. The van der Waals surface area contributed by atoms with Gasteiger partial charge in [0.15, 0.2) is 0 Å². The molecule has 12 nitrogen and oxygen atoms in total. The molecule has 4 heterocycles. The predicted octanol–water partition coefficient (Wildman–Crippen LogP) is 3.69. The molecule has 0 saturated carbocycles. The Morgan fingerprint density at radius 2 is 1.80 bits per heavy atom. The summed E-state index contributed by atoms with van der Waals surface area (Å²) in [4.78, 5) is 49.3. The number of hydrogen-bond donors (Lipinski definition) is 2. The van der Waals surface area contributed by atoms with Crippen molar-refractivity contribution in [3.63, 3.8) is 0 Å². The normalized spacial score (nSPS) is 23.3. The molecule has 0 unspecified atom stereocenters. The highest BCUT2D eigenvalue weighted by atomic mass is 19.4. The van der Waals surface area contributed by atoms with Crippen LogP contribution in [0.3, 0.4) is 0 Å². The molecule has 5 atom stereocenters. The summed E-state index contributed by atoms with van der Waals surface area (Å²) in [6.07, 6.45) is -3.43. The van der Waals surface area contributed by atoms with E-state index in [4.69, 9.17) is 14.2 Å². The van der Waals surface area contributed by atoms with Crippen LogP contribution in [0.1, 0.15) is 58.2 Å². The number of aliphatic hydroxyl groups is 1. The Labute approximate surface area is 289 Å². The maximum atomic E-state index is 14.7. The number of fused-ring (bicyclic) bond motifs is 3. The number of carbonyl (C=O) groups excluding carboxylic acids is 3. The summed E-state index contributed by atoms with van der Waals surface area (Å²) >= 11 is 0. The molecular weight excluding hydrogens is 659 g/mol. The summed E-state index contributed by atoms with van der Waals surface area (Å²) in [6.45, 7) is 7.24. The van der Waals surface area contributed by atoms with Gasteiger partial charge in [-0.05, 0) is 71.2 Å². The van der Waals surface area contributed by atoms with Crippen molar-refractivity contribution in [3.05, 3.63) is 59.9 Å². The molecule has 274 valence electrons. The second-order valence-corrected chi connectivity index (χ2v) is 14.5. The van der Waals surface area contributed by atoms with Gasteiger partial charge < -0.3 is 34.4 Å². The van der Waals surface area contributed by atoms with Crippen molar-refractivity contribution in [1.29, 1.82) is 0 Å². The zero-order valence-electron chi connectivity index (χ0n) is 29.0. The molecule has 2 saturated heterocycles. The van der Waals surface area contributed by atoms with E-state index >= 15 is 0 Å². The zero-order chi connectivity index (χ0) is 36.4. The van der Waals surface area contributed by atoms with Gasteiger partial charge in [0.1, 0.15) is 42.4 Å². The minimum Gasteiger partial charge on any atom is -0.490 e. The van der Waals surface area contributed by atoms with Crippen LogP contribution in [0.15, 0.2) is 48.8 Å². The maximum Gasteiger partial charge on any atom is 0.410 e. The Hall–Kier alpha value is -3.95. The third-order valence-corrected chi connectivity index (χ3v) is 9.02. The fourth-order valence-electron chi connectivity index (χ4n) is 6.92. The number of alkyl halides is 3. The Morgan fingerprint density at radius 1 is 1.10 bits per heavy atom. The second-order valence-electron chi connectivity index (χ2n) is 14.5. The molecule has 3 amide bonds. The molecular formula is C35H46F3N5O7. The maximum absolute atomic E-state index is 14.7. The van der Waals surface area contributed by atoms with E-state index in [1.54, 1.807) is 55.1 Å². The van der Waals surface area contributed by atoms with E-state index in [2.05, 4.69) is 4.98 Å². The first kappa shape index (κ1) is 37.3. The minimum absolute atomic E-state index is 0.0214. The first-order chi connectivity index (χ1) is 23.4. The lowest BCUT2D eigenvalue weighted by Crippen LogP contribution is -2.62. The molecule has 1 aromatic carbocycles. The van der Waals surface area contributed by atoms with Crippen LogP contribution in [0, 0.1) is 5.92 Å². The fraction of sp³-hybridized carbons (Fsp3) is 0.600. The van der Waals surface area contributed by atoms with Gasteiger partial charge in [0.05, 0.1) is 12.1 Å². The van der Waals surface area contributed by atoms with Crippen LogP contribution in [0.5, 0.6) is 5.75 Å². The van der Waals surface area contributed by atoms with Crippen LogP contribution >= 0.6 is 0 Å². The summed E-state index contributed by atoms with van der Waals surface area (Å²) in [5, 5.41) is 13.5. The minimum atomic E-state index is -4.64. The van der Waals surface area contributed by atoms with Gasteiger partial charge in [0, 0.05) is 50.1 Å². The van der Waals surface area contributed by atoms with Crippen LogP contribution in [0.2, 0.25) is 0 Å². The number of benzene rings is 1. The number of hydrogen-bond acceptors (Lipinski definition) is 9. The Kier molecular flexibility index (Phi) is 11.0. The lowest BCUT2D eigenvalue weighted by molar-refractivity contribution is -0.153. The molecule has 2 N–H and O–H groups in total. The number of carbonyl (C=O) groups is 3. The van der Waals surface area contributed by atoms with E-state index in [1.807, 2.05) is 43.4 Å². The monoisotopic (exact) mass is 705 g/mol. The molecule has 0 radical (unpaired) electrons. The number of amides is 3. The van der Waals surface area contributed by atoms with Gasteiger partial charge >= 0.3 is 12.3 Å². The van der Waals surface area contributed by atoms with Crippen molar-refractivity contribution in [2.75, 3.05) is 39.3 Å². The Bertz CT molecular complexity index is 1520. The zero-order valence-corrected chi connectivity index (χ0v) is 29.0. The number of β-amino-alcohol motifs (C(OH)–C–C–N with tert-alkyl or cyclic N) is 1. The van der Waals surface area contributed by atoms with Crippen molar-refractivity contribution in [2.45, 2.75) is 89.3 Å². The van der Waals surface area contributed by atoms with Gasteiger partial charge in [-0.1, -0.05) is 18.2 Å². The highest BCUT2D eigenvalue weighted by molar-refractivity contribution is 5.83. The number of aliphatic hydroxyl groups excluding tert-OH is 1. The van der Waals surface area contributed by atoms with E-state index < -0.39 is 66.3 Å². The largest absolute Gasteiger partial charge is 0.490 e. The van der Waals surface area contributed by atoms with Crippen molar-refractivity contribution in [1.82, 2.24) is 25.0 Å². The van der Waals surface area contributed by atoms with E-state index in [1.165, 1.54) is 4.90 Å². The van der Waals surface area contributed by atoms with Crippen LogP contribution in [0.25, 0.3) is 0 Å². The van der Waals surface area contributed by atoms with Crippen LogP contribution in [-0.2, 0) is 25.5 Å². The summed E-state index contributed by atoms with van der Waals surface area (Å²) in [6, 6.07) is 9.45. The molecule has 3 aliphatic heterocycles. The lowest BCUT2D eigenvalue weighted by atomic mass is 9.89. The third-order valence-electron chi connectivity index (χ3n) is 9.02. The molecule has 0 bridgehead atoms. The molecule has 3 aliphatic rings. The van der Waals surface area contributed by atoms with Gasteiger partial charge in [-0.2, -0.15) is 13.2 Å². The molecule has 15 heteroatoms. The number of nitrogens with one attached hydrogen (secondary N) is 1. The average Bonchev–Trinajstić information content (AvgIpc) is 3.32. The topological polar surface area (TPSA) is 134 Å². The quantitative estimate of drug-likeness (QED) is 0.401. The first-order valence-corrected chi connectivity index (χ1v) is 16.8. The van der Waals surface area contributed by atoms with Gasteiger partial charge in [-0.25, -0.2) is 4.79 Å². The standard InChI is InChI=1S/C35H46F3N5O7/c1-33(2,3)50-32(47)42-15-14-41(26(19-42)30(45)40-21-35(36,37)38)18-24(44)17-23(16-22-10-12-39-13-11-22)31(46)43-29-25-8-6-7-9-27(25)48-20-28(29)49-34(43,4)5/h6-13,23-24,26,28-29,44H,14-21H2,1-5H3,(H,40,45)/t23-,24+,26+,28-,29+/m1/s1. The number of aromatic nitrogens is 1. The Morgan fingerprint density at radius 3 is 2.48 bits per heavy atom. The summed E-state index contributed by atoms with van der Waals surface area (Å²) in [5.41, 5.74) is -0.186. The summed E-state index contributed by atoms with van der Waals surface area (Å²) < 4.78 is 56.8. The molecule has 5 rings (SSSR count). The van der Waals surface area contributed by atoms with Crippen molar-refractivity contribution < 1.29 is 46.9 Å². The number of nitrogens with zero attached hydrogens (tertiary/aromatic N) is 4. The molecule has 0 spiro atoms. The fourth-order valence-corrected chi connectivity index (χ4v) is 6.92. The van der Waals surface area contributed by atoms with Gasteiger partial charge in [-0.3, -0.25) is 19.5 Å². The number of para-hydroxylation sites is 1. The van der Waals surface area contributed by atoms with Crippen molar-refractivity contribution in [3.8, 4) is 5.75 Å². The molecule has 2 aromatic rings. The SMILES string of the molecule is CC(C)(C)OC(=O)N1CCN(C[C@@H](O)C[C@@H](Cc2ccncc2)C(=O)N2[C@H]3c4ccccc4OC[C@H]3OC2(C)C)[C@H](C(=O)NCC(F)(F)F)C1. The number of pyridine rings is 1. The lowest BCUT2D eigenvalue weighted by Gasteiger charge is -2.42. The van der Waals surface area contributed by atoms with Crippen molar-refractivity contribution in [2.24, 2.45) is 5.92 Å². The van der Waals surface area contributed by atoms with Crippen molar-refractivity contribution >= 4 is 17.9 Å². The van der Waals surface area contributed by atoms with Crippen LogP contribution in [-0.4, -0.2) is 118 Å². The average molecular weight is 706 g/mol. The molecule has 0 aliphatic carbocycles. The number of halogens is 3. The van der Waals surface area contributed by atoms with Crippen LogP contribution in [0.4, 0.5) is 18.0 Å². The Balaban J connectivity index is 1.37. The number of piperazine rings is 1. The first-order valence-electron chi connectivity index (χ1n) is 16.8. The number of rotatable bonds is 9. The number of ether oxygens (including phenoxy) is 3. The van der Waals surface area contributed by atoms with Gasteiger partial charge in [-0.15, -0.1) is 0 Å². The highest BCUT2D eigenvalue weighted by Gasteiger charge is 2.54. The highest BCUT2D eigenvalue weighted by Crippen LogP contribution is 2.48. The van der Waals surface area contributed by atoms with E-state index in [9.17, 15) is 32.7 Å². The predicted molar refractivity (Wildman–Crippen MR) is 175 cm³/mol. The molecule has 50 heavy (non-hydrogen) atoms. The van der Waals surface area contributed by atoms with E-state index in [0.29, 0.717) is 5.75 Å². The van der Waals surface area contributed by atoms with Crippen LogP contribution < -0.4 is 10.1 Å². The smallest absolute Gasteiger partial charge is 0.410 e. The summed E-state index contributed by atoms with van der Waals surface area (Å²) in [7, 11) is 0. The van der Waals surface area contributed by atoms with E-state index in [-0.39, 0.29) is 51.5 Å². The van der Waals surface area contributed by atoms with Gasteiger partial charge in [0.25, 0.3) is 0 Å². The van der Waals surface area contributed by atoms with E-state index in [0.717, 1.165) is 11.1 Å². The van der Waals surface area contributed by atoms with Gasteiger partial charge in [0.2, 0.25) is 11.8 Å². The third kappa shape index (κ3) is 9.04. The summed E-state index contributed by atoms with van der Waals surface area (Å²) in [5.74, 6) is -1.26. The molecule has 1 aromatic heterocycles. The molecule has 2 fully saturated rings.